The first kappa shape index (κ1) is 15.3. The number of rotatable bonds is 3. The van der Waals surface area contributed by atoms with Gasteiger partial charge in [0.2, 0.25) is 5.91 Å². The van der Waals surface area contributed by atoms with Crippen LogP contribution in [0.15, 0.2) is 36.7 Å². The van der Waals surface area contributed by atoms with E-state index < -0.39 is 5.97 Å². The Labute approximate surface area is 134 Å². The molecular formula is C17H19N3O3. The molecule has 0 saturated heterocycles. The minimum Gasteiger partial charge on any atom is -0.478 e. The van der Waals surface area contributed by atoms with Gasteiger partial charge in [-0.25, -0.2) is 4.79 Å². The summed E-state index contributed by atoms with van der Waals surface area (Å²) in [6.07, 6.45) is 4.63. The Morgan fingerprint density at radius 2 is 2.13 bits per heavy atom. The van der Waals surface area contributed by atoms with Gasteiger partial charge in [-0.2, -0.15) is 5.10 Å². The summed E-state index contributed by atoms with van der Waals surface area (Å²) in [6, 6.07) is 7.98. The lowest BCUT2D eigenvalue weighted by molar-refractivity contribution is -0.119. The maximum absolute atomic E-state index is 12.7. The maximum Gasteiger partial charge on any atom is 0.338 e. The monoisotopic (exact) mass is 313 g/mol. The Kier molecular flexibility index (Phi) is 4.14. The molecule has 1 N–H and O–H groups in total. The van der Waals surface area contributed by atoms with Gasteiger partial charge in [-0.3, -0.25) is 9.48 Å². The van der Waals surface area contributed by atoms with Crippen molar-refractivity contribution in [1.82, 2.24) is 9.78 Å². The van der Waals surface area contributed by atoms with Crippen LogP contribution in [0.2, 0.25) is 0 Å². The third-order valence-electron chi connectivity index (χ3n) is 4.26. The van der Waals surface area contributed by atoms with E-state index in [4.69, 9.17) is 5.11 Å². The quantitative estimate of drug-likeness (QED) is 0.944. The molecular weight excluding hydrogens is 294 g/mol. The van der Waals surface area contributed by atoms with Crippen molar-refractivity contribution in [3.8, 4) is 0 Å². The highest BCUT2D eigenvalue weighted by Crippen LogP contribution is 2.33. The van der Waals surface area contributed by atoms with Crippen LogP contribution in [0, 0.1) is 0 Å². The second-order valence-corrected chi connectivity index (χ2v) is 5.88. The van der Waals surface area contributed by atoms with E-state index in [0.29, 0.717) is 12.5 Å². The van der Waals surface area contributed by atoms with E-state index in [2.05, 4.69) is 18.1 Å². The predicted molar refractivity (Wildman–Crippen MR) is 85.6 cm³/mol. The zero-order valence-corrected chi connectivity index (χ0v) is 13.0. The number of aromatic nitrogens is 2. The SMILES string of the molecule is CC1CCCN(C(=O)Cn2cc(C(=O)O)cn2)c2ccccc21. The first-order chi connectivity index (χ1) is 11.1. The number of carbonyl (C=O) groups excluding carboxylic acids is 1. The Morgan fingerprint density at radius 1 is 1.35 bits per heavy atom. The largest absolute Gasteiger partial charge is 0.478 e. The molecule has 1 atom stereocenters. The van der Waals surface area contributed by atoms with Crippen LogP contribution in [-0.4, -0.2) is 33.3 Å². The molecule has 0 fully saturated rings. The van der Waals surface area contributed by atoms with Gasteiger partial charge in [0.15, 0.2) is 0 Å². The molecule has 6 heteroatoms. The van der Waals surface area contributed by atoms with Crippen molar-refractivity contribution in [3.63, 3.8) is 0 Å². The summed E-state index contributed by atoms with van der Waals surface area (Å²) in [5, 5.41) is 12.9. The molecule has 2 heterocycles. The molecule has 1 unspecified atom stereocenters. The van der Waals surface area contributed by atoms with Gasteiger partial charge in [0.05, 0.1) is 11.8 Å². The number of hydrogen-bond donors (Lipinski definition) is 1. The Morgan fingerprint density at radius 3 is 2.87 bits per heavy atom. The van der Waals surface area contributed by atoms with E-state index in [9.17, 15) is 9.59 Å². The molecule has 1 aliphatic heterocycles. The summed E-state index contributed by atoms with van der Waals surface area (Å²) < 4.78 is 1.38. The topological polar surface area (TPSA) is 75.4 Å². The average Bonchev–Trinajstić information content (AvgIpc) is 2.93. The molecule has 23 heavy (non-hydrogen) atoms. The number of aromatic carboxylic acids is 1. The van der Waals surface area contributed by atoms with Gasteiger partial charge in [0, 0.05) is 18.4 Å². The van der Waals surface area contributed by atoms with E-state index in [1.165, 1.54) is 22.6 Å². The average molecular weight is 313 g/mol. The lowest BCUT2D eigenvalue weighted by Gasteiger charge is -2.23. The fourth-order valence-corrected chi connectivity index (χ4v) is 3.03. The highest BCUT2D eigenvalue weighted by molar-refractivity contribution is 5.94. The third-order valence-corrected chi connectivity index (χ3v) is 4.26. The second-order valence-electron chi connectivity index (χ2n) is 5.88. The maximum atomic E-state index is 12.7. The van der Waals surface area contributed by atoms with Crippen LogP contribution in [0.3, 0.4) is 0 Å². The number of fused-ring (bicyclic) bond motifs is 1. The Hall–Kier alpha value is -2.63. The van der Waals surface area contributed by atoms with E-state index in [1.54, 1.807) is 4.90 Å². The number of para-hydroxylation sites is 1. The number of hydrogen-bond acceptors (Lipinski definition) is 3. The molecule has 120 valence electrons. The zero-order valence-electron chi connectivity index (χ0n) is 13.0. The van der Waals surface area contributed by atoms with Crippen molar-refractivity contribution in [3.05, 3.63) is 47.8 Å². The molecule has 1 aromatic heterocycles. The van der Waals surface area contributed by atoms with Crippen molar-refractivity contribution in [1.29, 1.82) is 0 Å². The molecule has 1 aromatic carbocycles. The predicted octanol–water partition coefficient (Wildman–Crippen LogP) is 2.51. The number of anilines is 1. The fourth-order valence-electron chi connectivity index (χ4n) is 3.03. The minimum absolute atomic E-state index is 0.0377. The molecule has 2 aromatic rings. The molecule has 6 nitrogen and oxygen atoms in total. The number of nitrogens with zero attached hydrogens (tertiary/aromatic N) is 3. The standard InChI is InChI=1S/C17H19N3O3/c1-12-5-4-8-20(15-7-3-2-6-14(12)15)16(21)11-19-10-13(9-18-19)17(22)23/h2-3,6-7,9-10,12H,4-5,8,11H2,1H3,(H,22,23). The highest BCUT2D eigenvalue weighted by atomic mass is 16.4. The van der Waals surface area contributed by atoms with Crippen LogP contribution in [0.25, 0.3) is 0 Å². The fraction of sp³-hybridized carbons (Fsp3) is 0.353. The van der Waals surface area contributed by atoms with Gasteiger partial charge in [-0.05, 0) is 30.4 Å². The minimum atomic E-state index is -1.04. The summed E-state index contributed by atoms with van der Waals surface area (Å²) >= 11 is 0. The first-order valence-corrected chi connectivity index (χ1v) is 7.71. The molecule has 1 aliphatic rings. The molecule has 0 bridgehead atoms. The summed E-state index contributed by atoms with van der Waals surface area (Å²) in [5.41, 5.74) is 2.22. The second kappa shape index (κ2) is 6.24. The van der Waals surface area contributed by atoms with E-state index in [1.807, 2.05) is 18.2 Å². The van der Waals surface area contributed by atoms with Gasteiger partial charge < -0.3 is 10.0 Å². The van der Waals surface area contributed by atoms with Gasteiger partial charge in [-0.15, -0.1) is 0 Å². The van der Waals surface area contributed by atoms with Crippen LogP contribution in [-0.2, 0) is 11.3 Å². The first-order valence-electron chi connectivity index (χ1n) is 7.71. The van der Waals surface area contributed by atoms with Gasteiger partial charge >= 0.3 is 5.97 Å². The van der Waals surface area contributed by atoms with Crippen molar-refractivity contribution in [2.45, 2.75) is 32.2 Å². The molecule has 1 amide bonds. The highest BCUT2D eigenvalue weighted by Gasteiger charge is 2.24. The van der Waals surface area contributed by atoms with E-state index in [0.717, 1.165) is 18.5 Å². The normalized spacial score (nSPS) is 17.4. The lowest BCUT2D eigenvalue weighted by Crippen LogP contribution is -2.34. The summed E-state index contributed by atoms with van der Waals surface area (Å²) in [4.78, 5) is 25.4. The van der Waals surface area contributed by atoms with Gasteiger partial charge in [0.1, 0.15) is 6.54 Å². The van der Waals surface area contributed by atoms with Gasteiger partial charge in [0.25, 0.3) is 0 Å². The van der Waals surface area contributed by atoms with Crippen LogP contribution in [0.1, 0.15) is 41.6 Å². The molecule has 0 aliphatic carbocycles. The van der Waals surface area contributed by atoms with Crippen molar-refractivity contribution in [2.24, 2.45) is 0 Å². The number of carbonyl (C=O) groups is 2. The van der Waals surface area contributed by atoms with Crippen LogP contribution in [0.5, 0.6) is 0 Å². The molecule has 0 spiro atoms. The number of amides is 1. The Bertz CT molecular complexity index is 738. The van der Waals surface area contributed by atoms with Crippen LogP contribution >= 0.6 is 0 Å². The van der Waals surface area contributed by atoms with Crippen LogP contribution < -0.4 is 4.90 Å². The smallest absolute Gasteiger partial charge is 0.338 e. The summed E-state index contributed by atoms with van der Waals surface area (Å²) in [6.45, 7) is 2.89. The lowest BCUT2D eigenvalue weighted by atomic mass is 9.96. The molecule has 0 radical (unpaired) electrons. The van der Waals surface area contributed by atoms with E-state index >= 15 is 0 Å². The van der Waals surface area contributed by atoms with Crippen LogP contribution in [0.4, 0.5) is 5.69 Å². The third kappa shape index (κ3) is 3.11. The van der Waals surface area contributed by atoms with E-state index in [-0.39, 0.29) is 18.0 Å². The number of carboxylic acids is 1. The Balaban J connectivity index is 1.83. The summed E-state index contributed by atoms with van der Waals surface area (Å²) in [5.74, 6) is -0.698. The van der Waals surface area contributed by atoms with Crippen molar-refractivity contribution < 1.29 is 14.7 Å². The number of benzene rings is 1. The van der Waals surface area contributed by atoms with Crippen molar-refractivity contribution in [2.75, 3.05) is 11.4 Å². The summed E-state index contributed by atoms with van der Waals surface area (Å²) in [7, 11) is 0. The van der Waals surface area contributed by atoms with Crippen molar-refractivity contribution >= 4 is 17.6 Å². The number of carboxylic acid groups (broad SMARTS) is 1. The van der Waals surface area contributed by atoms with Gasteiger partial charge in [-0.1, -0.05) is 25.1 Å². The molecule has 3 rings (SSSR count). The molecule has 0 saturated carbocycles. The zero-order chi connectivity index (χ0) is 16.4.